The molecule has 2 aromatic carbocycles. The number of nitrogens with one attached hydrogen (secondary N) is 2. The van der Waals surface area contributed by atoms with Gasteiger partial charge in [-0.3, -0.25) is 10.1 Å². The maximum absolute atomic E-state index is 12.6. The molecule has 36 heavy (non-hydrogen) atoms. The maximum atomic E-state index is 12.6. The highest BCUT2D eigenvalue weighted by Crippen LogP contribution is 2.34. The van der Waals surface area contributed by atoms with Crippen LogP contribution < -0.4 is 10.6 Å². The lowest BCUT2D eigenvalue weighted by molar-refractivity contribution is -0.139. The van der Waals surface area contributed by atoms with Crippen molar-refractivity contribution in [3.8, 4) is 11.1 Å². The van der Waals surface area contributed by atoms with Crippen LogP contribution in [0, 0.1) is 12.8 Å². The van der Waals surface area contributed by atoms with E-state index in [1.165, 1.54) is 0 Å². The summed E-state index contributed by atoms with van der Waals surface area (Å²) in [4.78, 5) is 36.6. The number of ether oxygens (including phenoxy) is 1. The van der Waals surface area contributed by atoms with E-state index < -0.39 is 30.1 Å². The quantitative estimate of drug-likeness (QED) is 0.349. The van der Waals surface area contributed by atoms with E-state index >= 15 is 0 Å². The first kappa shape index (κ1) is 25.0. The molecule has 0 saturated heterocycles. The number of benzene rings is 2. The standard InChI is InChI=1S/C27H29N3O6/c1-16-23(25(36-30-16)29-27(34)35-17(2)19-6-4-3-5-7-19)20-11-13-21(14-12-20)24(31)28-22(26(32)33)15-10-18-8-9-18/h3-7,11-14,17-18,22H,8-10,15H2,1-2H3,(H,28,31)(H,29,34)(H,32,33). The minimum atomic E-state index is -1.04. The number of amides is 2. The number of rotatable bonds is 10. The Bertz CT molecular complexity index is 1220. The third-order valence-corrected chi connectivity index (χ3v) is 6.23. The molecule has 1 heterocycles. The Hall–Kier alpha value is -4.14. The van der Waals surface area contributed by atoms with E-state index in [0.29, 0.717) is 34.7 Å². The van der Waals surface area contributed by atoms with Crippen molar-refractivity contribution < 1.29 is 28.8 Å². The number of nitrogens with zero attached hydrogens (tertiary/aromatic N) is 1. The second-order valence-electron chi connectivity index (χ2n) is 9.02. The molecule has 3 N–H and O–H groups in total. The summed E-state index contributed by atoms with van der Waals surface area (Å²) in [5, 5.41) is 18.6. The van der Waals surface area contributed by atoms with E-state index in [9.17, 15) is 19.5 Å². The molecule has 2 atom stereocenters. The lowest BCUT2D eigenvalue weighted by Crippen LogP contribution is -2.40. The Labute approximate surface area is 208 Å². The Balaban J connectivity index is 1.41. The van der Waals surface area contributed by atoms with Gasteiger partial charge in [0, 0.05) is 5.56 Å². The molecule has 0 bridgehead atoms. The van der Waals surface area contributed by atoms with Crippen LogP contribution in [-0.4, -0.2) is 34.3 Å². The molecule has 9 nitrogen and oxygen atoms in total. The summed E-state index contributed by atoms with van der Waals surface area (Å²) in [6.45, 7) is 3.51. The zero-order valence-electron chi connectivity index (χ0n) is 20.2. The Morgan fingerprint density at radius 3 is 2.44 bits per heavy atom. The monoisotopic (exact) mass is 491 g/mol. The first-order chi connectivity index (χ1) is 17.3. The summed E-state index contributed by atoms with van der Waals surface area (Å²) >= 11 is 0. The lowest BCUT2D eigenvalue weighted by Gasteiger charge is -2.15. The van der Waals surface area contributed by atoms with Crippen LogP contribution >= 0.6 is 0 Å². The van der Waals surface area contributed by atoms with Gasteiger partial charge in [0.1, 0.15) is 12.1 Å². The molecule has 0 radical (unpaired) electrons. The minimum Gasteiger partial charge on any atom is -0.480 e. The SMILES string of the molecule is Cc1noc(NC(=O)OC(C)c2ccccc2)c1-c1ccc(C(=O)NC(CCC2CC2)C(=O)O)cc1. The van der Waals surface area contributed by atoms with Crippen molar-refractivity contribution in [1.29, 1.82) is 0 Å². The van der Waals surface area contributed by atoms with E-state index in [0.717, 1.165) is 24.8 Å². The van der Waals surface area contributed by atoms with Crippen LogP contribution in [0.25, 0.3) is 11.1 Å². The summed E-state index contributed by atoms with van der Waals surface area (Å²) in [5.74, 6) is -0.786. The van der Waals surface area contributed by atoms with Crippen molar-refractivity contribution in [3.05, 3.63) is 71.4 Å². The number of carboxylic acids is 1. The van der Waals surface area contributed by atoms with Gasteiger partial charge >= 0.3 is 12.1 Å². The van der Waals surface area contributed by atoms with Gasteiger partial charge < -0.3 is 19.7 Å². The number of aromatic nitrogens is 1. The van der Waals surface area contributed by atoms with Crippen LogP contribution in [0.15, 0.2) is 59.1 Å². The second-order valence-corrected chi connectivity index (χ2v) is 9.02. The topological polar surface area (TPSA) is 131 Å². The third kappa shape index (κ3) is 6.29. The van der Waals surface area contributed by atoms with Crippen molar-refractivity contribution in [2.24, 2.45) is 5.92 Å². The molecule has 3 aromatic rings. The molecule has 1 saturated carbocycles. The predicted molar refractivity (Wildman–Crippen MR) is 132 cm³/mol. The summed E-state index contributed by atoms with van der Waals surface area (Å²) in [6, 6.07) is 15.0. The fourth-order valence-corrected chi connectivity index (χ4v) is 3.97. The summed E-state index contributed by atoms with van der Waals surface area (Å²) in [7, 11) is 0. The van der Waals surface area contributed by atoms with Crippen LogP contribution in [0.3, 0.4) is 0 Å². The normalized spacial score (nSPS) is 14.5. The van der Waals surface area contributed by atoms with Crippen LogP contribution in [0.2, 0.25) is 0 Å². The van der Waals surface area contributed by atoms with Crippen LogP contribution in [0.1, 0.15) is 60.3 Å². The molecule has 1 fully saturated rings. The molecular weight excluding hydrogens is 462 g/mol. The second kappa shape index (κ2) is 11.1. The molecule has 2 amide bonds. The van der Waals surface area contributed by atoms with Gasteiger partial charge in [-0.1, -0.05) is 60.5 Å². The minimum absolute atomic E-state index is 0.126. The van der Waals surface area contributed by atoms with Crippen molar-refractivity contribution in [2.45, 2.75) is 51.7 Å². The number of carboxylic acid groups (broad SMARTS) is 1. The maximum Gasteiger partial charge on any atom is 0.414 e. The number of aryl methyl sites for hydroxylation is 1. The van der Waals surface area contributed by atoms with Gasteiger partial charge in [-0.2, -0.15) is 0 Å². The summed E-state index contributed by atoms with van der Waals surface area (Å²) < 4.78 is 10.8. The molecule has 1 aliphatic rings. The third-order valence-electron chi connectivity index (χ3n) is 6.23. The van der Waals surface area contributed by atoms with Crippen molar-refractivity contribution in [1.82, 2.24) is 10.5 Å². The lowest BCUT2D eigenvalue weighted by atomic mass is 10.0. The van der Waals surface area contributed by atoms with Gasteiger partial charge in [0.25, 0.3) is 5.91 Å². The van der Waals surface area contributed by atoms with Crippen molar-refractivity contribution >= 4 is 23.9 Å². The number of hydrogen-bond acceptors (Lipinski definition) is 6. The van der Waals surface area contributed by atoms with Gasteiger partial charge in [-0.05, 0) is 55.9 Å². The predicted octanol–water partition coefficient (Wildman–Crippen LogP) is 5.33. The van der Waals surface area contributed by atoms with Crippen LogP contribution in [0.4, 0.5) is 10.7 Å². The molecule has 0 aliphatic heterocycles. The number of carbonyl (C=O) groups is 3. The van der Waals surface area contributed by atoms with Gasteiger partial charge in [-0.25, -0.2) is 9.59 Å². The van der Waals surface area contributed by atoms with Gasteiger partial charge in [-0.15, -0.1) is 0 Å². The zero-order chi connectivity index (χ0) is 25.7. The molecule has 9 heteroatoms. The molecule has 1 aromatic heterocycles. The first-order valence-electron chi connectivity index (χ1n) is 11.9. The fraction of sp³-hybridized carbons (Fsp3) is 0.333. The average Bonchev–Trinajstić information content (AvgIpc) is 3.63. The highest BCUT2D eigenvalue weighted by Gasteiger charge is 2.27. The summed E-state index contributed by atoms with van der Waals surface area (Å²) in [6.07, 6.45) is 2.32. The van der Waals surface area contributed by atoms with Gasteiger partial charge in [0.15, 0.2) is 0 Å². The van der Waals surface area contributed by atoms with E-state index in [-0.39, 0.29) is 5.88 Å². The smallest absolute Gasteiger partial charge is 0.414 e. The Morgan fingerprint density at radius 2 is 1.81 bits per heavy atom. The van der Waals surface area contributed by atoms with Gasteiger partial charge in [0.05, 0.1) is 11.3 Å². The molecule has 188 valence electrons. The number of hydrogen-bond donors (Lipinski definition) is 3. The highest BCUT2D eigenvalue weighted by atomic mass is 16.6. The highest BCUT2D eigenvalue weighted by molar-refractivity contribution is 5.97. The fourth-order valence-electron chi connectivity index (χ4n) is 3.97. The van der Waals surface area contributed by atoms with Crippen molar-refractivity contribution in [2.75, 3.05) is 5.32 Å². The number of carbonyl (C=O) groups excluding carboxylic acids is 2. The van der Waals surface area contributed by atoms with Crippen molar-refractivity contribution in [3.63, 3.8) is 0 Å². The molecule has 0 spiro atoms. The van der Waals surface area contributed by atoms with Crippen LogP contribution in [0.5, 0.6) is 0 Å². The number of anilines is 1. The number of aliphatic carboxylic acids is 1. The largest absolute Gasteiger partial charge is 0.480 e. The Morgan fingerprint density at radius 1 is 1.11 bits per heavy atom. The van der Waals surface area contributed by atoms with E-state index in [1.54, 1.807) is 38.1 Å². The van der Waals surface area contributed by atoms with E-state index in [4.69, 9.17) is 9.26 Å². The Kier molecular flexibility index (Phi) is 7.68. The van der Waals surface area contributed by atoms with E-state index in [2.05, 4.69) is 15.8 Å². The molecular formula is C27H29N3O6. The van der Waals surface area contributed by atoms with Crippen LogP contribution in [-0.2, 0) is 9.53 Å². The molecule has 1 aliphatic carbocycles. The first-order valence-corrected chi connectivity index (χ1v) is 11.9. The zero-order valence-corrected chi connectivity index (χ0v) is 20.2. The molecule has 2 unspecified atom stereocenters. The van der Waals surface area contributed by atoms with Gasteiger partial charge in [0.2, 0.25) is 5.88 Å². The molecule has 4 rings (SSSR count). The average molecular weight is 492 g/mol. The summed E-state index contributed by atoms with van der Waals surface area (Å²) in [5.41, 5.74) is 2.95. The van der Waals surface area contributed by atoms with E-state index in [1.807, 2.05) is 30.3 Å².